The Morgan fingerprint density at radius 3 is 2.71 bits per heavy atom. The highest BCUT2D eigenvalue weighted by Crippen LogP contribution is 2.38. The number of phenols is 2. The molecule has 1 aliphatic rings. The van der Waals surface area contributed by atoms with Crippen LogP contribution in [0, 0.1) is 4.77 Å². The van der Waals surface area contributed by atoms with Crippen LogP contribution in [-0.2, 0) is 16.1 Å². The van der Waals surface area contributed by atoms with Gasteiger partial charge >= 0.3 is 0 Å². The van der Waals surface area contributed by atoms with Crippen molar-refractivity contribution in [3.8, 4) is 28.6 Å². The van der Waals surface area contributed by atoms with Gasteiger partial charge in [0.25, 0.3) is 0 Å². The van der Waals surface area contributed by atoms with Crippen molar-refractivity contribution in [2.24, 2.45) is 0 Å². The van der Waals surface area contributed by atoms with Gasteiger partial charge in [0, 0.05) is 62.1 Å². The number of likely N-dealkylation sites (tertiary alicyclic amines) is 1. The van der Waals surface area contributed by atoms with Gasteiger partial charge in [-0.25, -0.2) is 0 Å². The van der Waals surface area contributed by atoms with Crippen LogP contribution in [0.3, 0.4) is 0 Å². The number of aromatic amines is 1. The Kier molecular flexibility index (Phi) is 8.13. The molecule has 11 nitrogen and oxygen atoms in total. The molecule has 0 aliphatic carbocycles. The molecule has 5 rings (SSSR count). The second-order valence-electron chi connectivity index (χ2n) is 10.6. The zero-order valence-corrected chi connectivity index (χ0v) is 23.8. The molecular weight excluding hydrogens is 544 g/mol. The molecule has 41 heavy (non-hydrogen) atoms. The Labute approximate surface area is 242 Å². The molecule has 0 radical (unpaired) electrons. The van der Waals surface area contributed by atoms with E-state index >= 15 is 0 Å². The number of amides is 2. The number of hydrogen-bond acceptors (Lipinski definition) is 7. The van der Waals surface area contributed by atoms with Gasteiger partial charge in [-0.1, -0.05) is 13.8 Å². The monoisotopic (exact) mass is 578 g/mol. The number of phenolic OH excluding ortho intramolecular Hbond substituents is 2. The Hall–Kier alpha value is -4.16. The summed E-state index contributed by atoms with van der Waals surface area (Å²) in [6.45, 7) is 5.33. The predicted molar refractivity (Wildman–Crippen MR) is 156 cm³/mol. The van der Waals surface area contributed by atoms with Gasteiger partial charge in [-0.05, 0) is 60.5 Å². The van der Waals surface area contributed by atoms with Crippen molar-refractivity contribution in [3.63, 3.8) is 0 Å². The molecule has 1 unspecified atom stereocenters. The summed E-state index contributed by atoms with van der Waals surface area (Å²) >= 11 is 5.53. The summed E-state index contributed by atoms with van der Waals surface area (Å²) in [5, 5.41) is 41.8. The number of H-pyrrole nitrogens is 1. The van der Waals surface area contributed by atoms with E-state index in [1.165, 1.54) is 11.0 Å². The minimum Gasteiger partial charge on any atom is -0.508 e. The summed E-state index contributed by atoms with van der Waals surface area (Å²) in [7, 11) is 0. The molecule has 1 aliphatic heterocycles. The molecule has 2 aromatic carbocycles. The molecule has 1 atom stereocenters. The highest BCUT2D eigenvalue weighted by atomic mass is 32.1. The third kappa shape index (κ3) is 5.84. The van der Waals surface area contributed by atoms with E-state index in [2.05, 4.69) is 20.1 Å². The number of aliphatic hydroxyl groups is 1. The third-order valence-electron chi connectivity index (χ3n) is 7.47. The van der Waals surface area contributed by atoms with Crippen LogP contribution in [0.1, 0.15) is 51.0 Å². The first kappa shape index (κ1) is 28.4. The van der Waals surface area contributed by atoms with Crippen LogP contribution in [0.15, 0.2) is 42.6 Å². The average Bonchev–Trinajstić information content (AvgIpc) is 3.61. The number of rotatable bonds is 10. The highest BCUT2D eigenvalue weighted by Gasteiger charge is 2.28. The SMILES string of the molecule is CC(C)c1cc(-c2n[nH]c(=S)n2-c2ccc3c(ccn3CCNC(=O)CCCN3C(=O)CCC3O)c2)c(O)cc1O. The maximum atomic E-state index is 12.3. The normalized spacial score (nSPS) is 15.4. The fourth-order valence-electron chi connectivity index (χ4n) is 5.28. The van der Waals surface area contributed by atoms with E-state index < -0.39 is 6.23 Å². The molecule has 2 aromatic heterocycles. The molecule has 12 heteroatoms. The second kappa shape index (κ2) is 11.8. The quantitative estimate of drug-likeness (QED) is 0.179. The summed E-state index contributed by atoms with van der Waals surface area (Å²) in [4.78, 5) is 25.5. The number of aromatic nitrogens is 4. The lowest BCUT2D eigenvalue weighted by molar-refractivity contribution is -0.133. The minimum atomic E-state index is -0.734. The summed E-state index contributed by atoms with van der Waals surface area (Å²) in [5.41, 5.74) is 2.89. The van der Waals surface area contributed by atoms with E-state index in [1.54, 1.807) is 10.6 Å². The maximum absolute atomic E-state index is 12.3. The van der Waals surface area contributed by atoms with Gasteiger partial charge in [0.1, 0.15) is 17.7 Å². The van der Waals surface area contributed by atoms with Crippen LogP contribution < -0.4 is 5.32 Å². The maximum Gasteiger partial charge on any atom is 0.224 e. The van der Waals surface area contributed by atoms with E-state index in [0.29, 0.717) is 60.6 Å². The Morgan fingerprint density at radius 2 is 1.98 bits per heavy atom. The summed E-state index contributed by atoms with van der Waals surface area (Å²) in [6, 6.07) is 10.9. The molecule has 3 heterocycles. The highest BCUT2D eigenvalue weighted by molar-refractivity contribution is 7.71. The van der Waals surface area contributed by atoms with E-state index in [4.69, 9.17) is 12.2 Å². The van der Waals surface area contributed by atoms with Gasteiger partial charge < -0.3 is 30.1 Å². The van der Waals surface area contributed by atoms with Gasteiger partial charge in [-0.15, -0.1) is 0 Å². The fraction of sp³-hybridized carbons (Fsp3) is 0.379. The molecule has 0 saturated carbocycles. The first-order chi connectivity index (χ1) is 19.6. The first-order valence-corrected chi connectivity index (χ1v) is 14.1. The molecule has 0 spiro atoms. The van der Waals surface area contributed by atoms with Crippen LogP contribution in [-0.4, -0.2) is 70.7 Å². The smallest absolute Gasteiger partial charge is 0.224 e. The number of aromatic hydroxyl groups is 2. The number of hydrogen-bond donors (Lipinski definition) is 5. The number of benzene rings is 2. The van der Waals surface area contributed by atoms with Gasteiger partial charge in [0.2, 0.25) is 11.8 Å². The summed E-state index contributed by atoms with van der Waals surface area (Å²) in [6.07, 6.45) is 2.82. The molecule has 5 N–H and O–H groups in total. The van der Waals surface area contributed by atoms with Crippen molar-refractivity contribution in [2.75, 3.05) is 13.1 Å². The van der Waals surface area contributed by atoms with Gasteiger partial charge in [-0.3, -0.25) is 19.3 Å². The van der Waals surface area contributed by atoms with Crippen molar-refractivity contribution in [3.05, 3.63) is 52.9 Å². The van der Waals surface area contributed by atoms with Crippen molar-refractivity contribution >= 4 is 34.9 Å². The molecule has 0 bridgehead atoms. The van der Waals surface area contributed by atoms with E-state index in [1.807, 2.05) is 44.3 Å². The van der Waals surface area contributed by atoms with Crippen LogP contribution in [0.2, 0.25) is 0 Å². The molecular formula is C29H34N6O5S. The fourth-order valence-corrected chi connectivity index (χ4v) is 5.52. The Bertz CT molecular complexity index is 1660. The zero-order chi connectivity index (χ0) is 29.3. The first-order valence-electron chi connectivity index (χ1n) is 13.7. The van der Waals surface area contributed by atoms with Crippen molar-refractivity contribution < 1.29 is 24.9 Å². The minimum absolute atomic E-state index is 0.0271. The predicted octanol–water partition coefficient (Wildman–Crippen LogP) is 3.92. The average molecular weight is 579 g/mol. The van der Waals surface area contributed by atoms with Crippen LogP contribution in [0.5, 0.6) is 11.5 Å². The largest absolute Gasteiger partial charge is 0.508 e. The van der Waals surface area contributed by atoms with E-state index in [0.717, 1.165) is 16.6 Å². The number of nitrogens with one attached hydrogen (secondary N) is 2. The number of carbonyl (C=O) groups is 2. The number of carbonyl (C=O) groups excluding carboxylic acids is 2. The van der Waals surface area contributed by atoms with Crippen LogP contribution in [0.25, 0.3) is 28.0 Å². The zero-order valence-electron chi connectivity index (χ0n) is 23.0. The Morgan fingerprint density at radius 1 is 1.17 bits per heavy atom. The molecule has 2 amide bonds. The lowest BCUT2D eigenvalue weighted by Gasteiger charge is -2.20. The van der Waals surface area contributed by atoms with Gasteiger partial charge in [0.05, 0.1) is 11.3 Å². The van der Waals surface area contributed by atoms with E-state index in [9.17, 15) is 24.9 Å². The lowest BCUT2D eigenvalue weighted by atomic mass is 9.98. The van der Waals surface area contributed by atoms with Gasteiger partial charge in [-0.2, -0.15) is 5.10 Å². The Balaban J connectivity index is 1.26. The topological polar surface area (TPSA) is 149 Å². The molecule has 216 valence electrons. The number of fused-ring (bicyclic) bond motifs is 1. The van der Waals surface area contributed by atoms with Crippen LogP contribution in [0.4, 0.5) is 0 Å². The summed E-state index contributed by atoms with van der Waals surface area (Å²) in [5.74, 6) is 0.244. The number of nitrogens with zero attached hydrogens (tertiary/aromatic N) is 4. The molecule has 4 aromatic rings. The van der Waals surface area contributed by atoms with Crippen molar-refractivity contribution in [2.45, 2.75) is 58.2 Å². The van der Waals surface area contributed by atoms with Gasteiger partial charge in [0.15, 0.2) is 10.6 Å². The second-order valence-corrected chi connectivity index (χ2v) is 11.0. The van der Waals surface area contributed by atoms with Crippen LogP contribution >= 0.6 is 12.2 Å². The van der Waals surface area contributed by atoms with E-state index in [-0.39, 0.29) is 35.7 Å². The molecule has 1 saturated heterocycles. The lowest BCUT2D eigenvalue weighted by Crippen LogP contribution is -2.34. The standard InChI is InChI=1S/C29H34N6O5S/c1-17(2)20-15-21(24(37)16-23(20)36)28-31-32-29(41)35(28)19-5-6-22-18(14-19)9-12-33(22)13-10-30-25(38)4-3-11-34-26(39)7-8-27(34)40/h5-6,9,12,14-17,26,36-37,39H,3-4,7-8,10-11,13H2,1-2H3,(H,30,38)(H,32,41). The summed E-state index contributed by atoms with van der Waals surface area (Å²) < 4.78 is 4.16. The van der Waals surface area contributed by atoms with Crippen molar-refractivity contribution in [1.29, 1.82) is 0 Å². The molecule has 1 fully saturated rings. The number of aliphatic hydroxyl groups excluding tert-OH is 1. The third-order valence-corrected chi connectivity index (χ3v) is 7.74. The van der Waals surface area contributed by atoms with Crippen molar-refractivity contribution in [1.82, 2.24) is 29.5 Å².